The van der Waals surface area contributed by atoms with E-state index >= 15 is 0 Å². The third-order valence-corrected chi connectivity index (χ3v) is 13.7. The van der Waals surface area contributed by atoms with Crippen LogP contribution in [0.4, 0.5) is 11.4 Å². The molecule has 1 aliphatic rings. The number of anilines is 2. The van der Waals surface area contributed by atoms with E-state index in [9.17, 15) is 0 Å². The monoisotopic (exact) mass is 1130 g/mol. The van der Waals surface area contributed by atoms with Crippen molar-refractivity contribution < 1.29 is 38.1 Å². The first kappa shape index (κ1) is 37.3. The quantitative estimate of drug-likeness (QED) is 0.161. The van der Waals surface area contributed by atoms with Gasteiger partial charge in [0.05, 0.1) is 11.7 Å². The molecule has 0 bridgehead atoms. The Balaban J connectivity index is 0.00000690. The fraction of sp³-hybridized carbons (Fsp3) is 0.188. The molecule has 0 spiro atoms. The van der Waals surface area contributed by atoms with Gasteiger partial charge in [-0.2, -0.15) is 18.2 Å². The maximum absolute atomic E-state index is 8.78. The second-order valence-electron chi connectivity index (χ2n) is 20.4. The Bertz CT molecular complexity index is 4360. The molecule has 0 atom stereocenters. The maximum Gasteiger partial charge on any atom is 0.135 e. The minimum atomic E-state index is -3.48. The Morgan fingerprint density at radius 3 is 1.89 bits per heavy atom. The molecule has 0 saturated carbocycles. The van der Waals surface area contributed by atoms with E-state index in [1.165, 1.54) is 12.1 Å². The number of rotatable bonds is 5. The Hall–Kier alpha value is -7.47. The van der Waals surface area contributed by atoms with Crippen LogP contribution in [0, 0.1) is 18.8 Å². The molecule has 72 heavy (non-hydrogen) atoms. The number of ether oxygens (including phenoxy) is 1. The zero-order valence-electron chi connectivity index (χ0n) is 49.6. The molecular formula is C64H55N6OPt-3. The summed E-state index contributed by atoms with van der Waals surface area (Å²) in [5.41, 5.74) is 2.89. The van der Waals surface area contributed by atoms with E-state index < -0.39 is 31.4 Å². The van der Waals surface area contributed by atoms with Gasteiger partial charge in [-0.25, -0.2) is 4.98 Å². The Morgan fingerprint density at radius 1 is 0.556 bits per heavy atom. The molecular weight excluding hydrogens is 1060 g/mol. The predicted molar refractivity (Wildman–Crippen MR) is 294 cm³/mol. The van der Waals surface area contributed by atoms with E-state index in [0.717, 1.165) is 76.7 Å². The third-order valence-electron chi connectivity index (χ3n) is 13.7. The number of aromatic nitrogens is 5. The first-order chi connectivity index (χ1) is 37.8. The van der Waals surface area contributed by atoms with Crippen LogP contribution in [0.15, 0.2) is 164 Å². The summed E-state index contributed by atoms with van der Waals surface area (Å²) in [6.45, 7) is 3.85. The van der Waals surface area contributed by atoms with Gasteiger partial charge in [0, 0.05) is 51.5 Å². The zero-order valence-corrected chi connectivity index (χ0v) is 42.8. The van der Waals surface area contributed by atoms with Gasteiger partial charge in [0.2, 0.25) is 0 Å². The minimum Gasteiger partial charge on any atom is -0.484 e. The average Bonchev–Trinajstić information content (AvgIpc) is 4.19. The maximum atomic E-state index is 8.78. The molecule has 0 amide bonds. The molecule has 0 fully saturated rings. The number of pyridine rings is 3. The standard InChI is InChI=1S/C64H55N6O.Pt/c1-62(2,3)41-26-30-66-58(35-41)70-56-37-45(24-25-51(56)52-28-29-65-38-57(52)70)71-59-36-44(27-31-67-59)68-39-69-60-46(40-32-42(63(4,5)6)34-43(33-40)64(7,8)9)20-14-21-53(60)49-18-12-10-16-47(49)48-17-11-13-19-50(48)54-22-15-23-55(68)61(54)69;/h10-35,38-39H,1-9H3;/q-3;/i4D3,5D3,6D3;. The predicted octanol–water partition coefficient (Wildman–Crippen LogP) is 16.6. The fourth-order valence-electron chi connectivity index (χ4n) is 10.1. The average molecular weight is 1130 g/mol. The van der Waals surface area contributed by atoms with Crippen LogP contribution in [0.1, 0.15) is 91.1 Å². The summed E-state index contributed by atoms with van der Waals surface area (Å²) in [6, 6.07) is 52.2. The van der Waals surface area contributed by atoms with Crippen molar-refractivity contribution in [3.05, 3.63) is 200 Å². The van der Waals surface area contributed by atoms with Crippen LogP contribution < -0.4 is 9.64 Å². The summed E-state index contributed by atoms with van der Waals surface area (Å²) in [6.07, 6.45) is 7.11. The molecule has 360 valence electrons. The summed E-state index contributed by atoms with van der Waals surface area (Å²) < 4.78 is 89.8. The summed E-state index contributed by atoms with van der Waals surface area (Å²) in [7, 11) is 0. The van der Waals surface area contributed by atoms with Gasteiger partial charge >= 0.3 is 0 Å². The van der Waals surface area contributed by atoms with Crippen LogP contribution in [-0.2, 0) is 37.3 Å². The first-order valence-corrected chi connectivity index (χ1v) is 23.7. The molecule has 12 rings (SSSR count). The fourth-order valence-corrected chi connectivity index (χ4v) is 10.1. The van der Waals surface area contributed by atoms with E-state index in [4.69, 9.17) is 22.1 Å². The van der Waals surface area contributed by atoms with Gasteiger partial charge in [-0.05, 0) is 136 Å². The molecule has 0 radical (unpaired) electrons. The van der Waals surface area contributed by atoms with Gasteiger partial charge < -0.3 is 18.8 Å². The number of fused-ring (bicyclic) bond motifs is 10. The molecule has 5 aromatic heterocycles. The van der Waals surface area contributed by atoms with Crippen molar-refractivity contribution in [3.8, 4) is 28.6 Å². The second kappa shape index (κ2) is 17.4. The van der Waals surface area contributed by atoms with Crippen LogP contribution in [0.3, 0.4) is 0 Å². The van der Waals surface area contributed by atoms with Crippen molar-refractivity contribution >= 4 is 76.5 Å². The van der Waals surface area contributed by atoms with Gasteiger partial charge in [-0.3, -0.25) is 9.97 Å². The minimum absolute atomic E-state index is 0. The van der Waals surface area contributed by atoms with Crippen LogP contribution in [0.25, 0.3) is 82.1 Å². The Labute approximate surface area is 448 Å². The Morgan fingerprint density at radius 2 is 1.19 bits per heavy atom. The first-order valence-electron chi connectivity index (χ1n) is 28.2. The van der Waals surface area contributed by atoms with Crippen molar-refractivity contribution in [2.45, 2.75) is 78.3 Å². The van der Waals surface area contributed by atoms with E-state index in [2.05, 4.69) is 88.4 Å². The molecule has 0 aliphatic carbocycles. The van der Waals surface area contributed by atoms with Crippen LogP contribution in [0.2, 0.25) is 0 Å². The van der Waals surface area contributed by atoms with E-state index in [1.54, 1.807) is 12.4 Å². The number of nitrogens with zero attached hydrogens (tertiary/aromatic N) is 6. The van der Waals surface area contributed by atoms with Gasteiger partial charge in [-0.1, -0.05) is 165 Å². The van der Waals surface area contributed by atoms with Gasteiger partial charge in [-0.15, -0.1) is 23.2 Å². The van der Waals surface area contributed by atoms with Crippen LogP contribution >= 0.6 is 0 Å². The van der Waals surface area contributed by atoms with Gasteiger partial charge in [0.25, 0.3) is 0 Å². The van der Waals surface area contributed by atoms with Crippen molar-refractivity contribution in [1.82, 2.24) is 24.1 Å². The molecule has 1 aliphatic heterocycles. The van der Waals surface area contributed by atoms with Crippen LogP contribution in [0.5, 0.6) is 11.6 Å². The summed E-state index contributed by atoms with van der Waals surface area (Å²) in [5.74, 6) is 1.32. The molecule has 11 aromatic rings. The number of para-hydroxylation sites is 2. The third kappa shape index (κ3) is 7.95. The van der Waals surface area contributed by atoms with Crippen molar-refractivity contribution in [2.75, 3.05) is 4.90 Å². The molecule has 6 heterocycles. The largest absolute Gasteiger partial charge is 0.484 e. The molecule has 6 aromatic carbocycles. The smallest absolute Gasteiger partial charge is 0.135 e. The van der Waals surface area contributed by atoms with Gasteiger partial charge in [0.1, 0.15) is 11.7 Å². The van der Waals surface area contributed by atoms with Crippen molar-refractivity contribution in [1.29, 1.82) is 0 Å². The SMILES string of the molecule is [2H]C([2H])([2H])C(c1cc(-c2cccc3c4ccccc4c4ccccc4c4cccc5c4n(c23)[CH-]N5c2[c-]c(Oc3[c-]c4c(cc3)c3ccncc3n4-c3cc(C(C)(C)C)ccn3)ncc2)cc(C(C)(C)C)c1)(C([2H])([2H])[2H])C([2H])([2H])[2H].[Pt]. The summed E-state index contributed by atoms with van der Waals surface area (Å²) >= 11 is 0. The van der Waals surface area contributed by atoms with Crippen molar-refractivity contribution in [3.63, 3.8) is 0 Å². The molecule has 8 heteroatoms. The molecule has 7 nitrogen and oxygen atoms in total. The topological polar surface area (TPSA) is 61.0 Å². The second-order valence-corrected chi connectivity index (χ2v) is 20.4. The molecule has 0 saturated heterocycles. The Kier molecular flexibility index (Phi) is 9.01. The molecule has 0 unspecified atom stereocenters. The van der Waals surface area contributed by atoms with Crippen molar-refractivity contribution in [2.24, 2.45) is 0 Å². The number of benzene rings is 6. The zero-order chi connectivity index (χ0) is 56.5. The van der Waals surface area contributed by atoms with E-state index in [1.807, 2.05) is 136 Å². The number of hydrogen-bond donors (Lipinski definition) is 0. The van der Waals surface area contributed by atoms with Crippen LogP contribution in [-0.4, -0.2) is 24.1 Å². The van der Waals surface area contributed by atoms with Gasteiger partial charge in [0.15, 0.2) is 0 Å². The number of hydrogen-bond acceptors (Lipinski definition) is 5. The van der Waals surface area contributed by atoms with E-state index in [-0.39, 0.29) is 37.9 Å². The summed E-state index contributed by atoms with van der Waals surface area (Å²) in [5, 5.41) is 7.51. The molecule has 0 N–H and O–H groups in total. The van der Waals surface area contributed by atoms with E-state index in [0.29, 0.717) is 33.6 Å². The normalized spacial score (nSPS) is 15.1. The summed E-state index contributed by atoms with van der Waals surface area (Å²) in [4.78, 5) is 16.0.